The Kier molecular flexibility index (Phi) is 7.06. The van der Waals surface area contributed by atoms with Crippen LogP contribution >= 0.6 is 0 Å². The largest absolute Gasteiger partial charge is 0.180 e. The van der Waals surface area contributed by atoms with Crippen LogP contribution in [0.2, 0.25) is 0 Å². The fourth-order valence-electron chi connectivity index (χ4n) is 7.18. The summed E-state index contributed by atoms with van der Waals surface area (Å²) in [5.74, 6) is 0. The van der Waals surface area contributed by atoms with E-state index in [0.717, 1.165) is 0 Å². The first-order chi connectivity index (χ1) is 21.6. The van der Waals surface area contributed by atoms with E-state index in [-0.39, 0.29) is 10.8 Å². The summed E-state index contributed by atoms with van der Waals surface area (Å²) in [4.78, 5) is 0. The van der Waals surface area contributed by atoms with Gasteiger partial charge in [-0.3, -0.25) is 0 Å². The Morgan fingerprint density at radius 2 is 0.689 bits per heavy atom. The molecule has 45 heavy (non-hydrogen) atoms. The van der Waals surface area contributed by atoms with Gasteiger partial charge in [-0.15, -0.1) is 0 Å². The zero-order chi connectivity index (χ0) is 31.4. The van der Waals surface area contributed by atoms with Crippen LogP contribution in [0.15, 0.2) is 146 Å². The molecule has 0 amide bonds. The average Bonchev–Trinajstić information content (AvgIpc) is 3.35. The molecule has 7 rings (SSSR count). The van der Waals surface area contributed by atoms with Crippen LogP contribution in [-0.4, -0.2) is 8.07 Å². The van der Waals surface area contributed by atoms with E-state index >= 15 is 0 Å². The van der Waals surface area contributed by atoms with Gasteiger partial charge in [-0.2, -0.15) is 0 Å². The molecule has 1 aliphatic rings. The summed E-state index contributed by atoms with van der Waals surface area (Å²) in [6.45, 7) is 13.7. The normalized spacial score (nSPS) is 13.7. The molecule has 0 radical (unpaired) electrons. The van der Waals surface area contributed by atoms with Crippen LogP contribution in [0.3, 0.4) is 0 Å². The van der Waals surface area contributed by atoms with Crippen LogP contribution in [-0.2, 0) is 10.8 Å². The molecule has 1 heteroatoms. The molecule has 0 spiro atoms. The van der Waals surface area contributed by atoms with E-state index in [1.165, 1.54) is 65.3 Å². The van der Waals surface area contributed by atoms with E-state index in [9.17, 15) is 0 Å². The molecule has 0 bridgehead atoms. The first kappa shape index (κ1) is 29.3. The monoisotopic (exact) mass is 598 g/mol. The van der Waals surface area contributed by atoms with E-state index in [0.29, 0.717) is 0 Å². The zero-order valence-corrected chi connectivity index (χ0v) is 28.4. The molecule has 1 heterocycles. The highest BCUT2D eigenvalue weighted by atomic mass is 28.3. The summed E-state index contributed by atoms with van der Waals surface area (Å²) in [6, 6.07) is 55.5. The number of hydrogen-bond donors (Lipinski definition) is 0. The van der Waals surface area contributed by atoms with Gasteiger partial charge < -0.3 is 0 Å². The van der Waals surface area contributed by atoms with Crippen molar-refractivity contribution >= 4 is 28.8 Å². The van der Waals surface area contributed by atoms with E-state index in [2.05, 4.69) is 187 Å². The highest BCUT2D eigenvalue weighted by molar-refractivity contribution is 7.22. The van der Waals surface area contributed by atoms with Gasteiger partial charge in [0.2, 0.25) is 0 Å². The minimum Gasteiger partial charge on any atom is -0.0623 e. The lowest BCUT2D eigenvalue weighted by Gasteiger charge is -2.31. The zero-order valence-electron chi connectivity index (χ0n) is 27.4. The van der Waals surface area contributed by atoms with Crippen molar-refractivity contribution in [2.45, 2.75) is 52.4 Å². The van der Waals surface area contributed by atoms with Crippen molar-refractivity contribution in [3.05, 3.63) is 157 Å². The minimum atomic E-state index is -2.54. The van der Waals surface area contributed by atoms with Crippen LogP contribution < -0.4 is 20.7 Å². The number of hydrogen-bond acceptors (Lipinski definition) is 0. The van der Waals surface area contributed by atoms with E-state index in [1.54, 1.807) is 0 Å². The Hall–Kier alpha value is -4.46. The molecule has 222 valence electrons. The van der Waals surface area contributed by atoms with Crippen molar-refractivity contribution in [2.24, 2.45) is 0 Å². The Balaban J connectivity index is 1.47. The SMILES string of the molecule is CC(C)(C)c1ccc(-c2ccc3c(c2)-c2cc(-c4ccc(C(C)(C)C)cc4)ccc2[Si]3(c2ccccc2)c2ccccc2)cc1. The van der Waals surface area contributed by atoms with Gasteiger partial charge in [0.25, 0.3) is 0 Å². The minimum absolute atomic E-state index is 0.132. The maximum absolute atomic E-state index is 2.54. The van der Waals surface area contributed by atoms with Gasteiger partial charge in [-0.05, 0) is 88.2 Å². The van der Waals surface area contributed by atoms with Gasteiger partial charge in [0, 0.05) is 0 Å². The van der Waals surface area contributed by atoms with Crippen LogP contribution in [0, 0.1) is 0 Å². The average molecular weight is 599 g/mol. The van der Waals surface area contributed by atoms with E-state index in [1.807, 2.05) is 0 Å². The predicted molar refractivity (Wildman–Crippen MR) is 197 cm³/mol. The molecule has 0 saturated carbocycles. The summed E-state index contributed by atoms with van der Waals surface area (Å²) in [5, 5.41) is 5.82. The number of benzene rings is 6. The maximum atomic E-state index is 2.47. The molecule has 0 nitrogen and oxygen atoms in total. The smallest absolute Gasteiger partial charge is 0.0623 e. The lowest BCUT2D eigenvalue weighted by molar-refractivity contribution is 0.590. The highest BCUT2D eigenvalue weighted by Crippen LogP contribution is 2.36. The highest BCUT2D eigenvalue weighted by Gasteiger charge is 2.48. The van der Waals surface area contributed by atoms with E-state index < -0.39 is 8.07 Å². The first-order valence-corrected chi connectivity index (χ1v) is 18.2. The predicted octanol–water partition coefficient (Wildman–Crippen LogP) is 8.97. The van der Waals surface area contributed by atoms with Crippen LogP contribution in [0.1, 0.15) is 52.7 Å². The molecule has 0 aromatic heterocycles. The van der Waals surface area contributed by atoms with Crippen molar-refractivity contribution in [1.29, 1.82) is 0 Å². The fourth-order valence-corrected chi connectivity index (χ4v) is 12.3. The lowest BCUT2D eigenvalue weighted by Crippen LogP contribution is -2.72. The van der Waals surface area contributed by atoms with Gasteiger partial charge in [0.05, 0.1) is 0 Å². The van der Waals surface area contributed by atoms with Crippen LogP contribution in [0.25, 0.3) is 33.4 Å². The molecule has 0 unspecified atom stereocenters. The maximum Gasteiger partial charge on any atom is 0.180 e. The molecule has 0 N–H and O–H groups in total. The molecule has 0 aliphatic carbocycles. The lowest BCUT2D eigenvalue weighted by atomic mass is 9.86. The van der Waals surface area contributed by atoms with Crippen LogP contribution in [0.4, 0.5) is 0 Å². The number of fused-ring (bicyclic) bond motifs is 3. The van der Waals surface area contributed by atoms with Gasteiger partial charge in [0.1, 0.15) is 0 Å². The standard InChI is InChI=1S/C44H42Si/c1-43(2,3)35-23-17-31(18-24-35)33-21-27-41-39(29-33)40-30-34(32-19-25-36(26-20-32)44(4,5)6)22-28-42(40)45(41,37-13-9-7-10-14-37)38-15-11-8-12-16-38/h7-30H,1-6H3. The van der Waals surface area contributed by atoms with Crippen molar-refractivity contribution < 1.29 is 0 Å². The molecule has 1 aliphatic heterocycles. The van der Waals surface area contributed by atoms with Crippen molar-refractivity contribution in [2.75, 3.05) is 0 Å². The van der Waals surface area contributed by atoms with Crippen molar-refractivity contribution in [3.63, 3.8) is 0 Å². The Morgan fingerprint density at radius 3 is 1.02 bits per heavy atom. The topological polar surface area (TPSA) is 0 Å². The summed E-state index contributed by atoms with van der Waals surface area (Å²) in [5.41, 5.74) is 10.8. The second kappa shape index (κ2) is 10.9. The Morgan fingerprint density at radius 1 is 0.356 bits per heavy atom. The van der Waals surface area contributed by atoms with E-state index in [4.69, 9.17) is 0 Å². The second-order valence-corrected chi connectivity index (χ2v) is 18.4. The summed E-state index contributed by atoms with van der Waals surface area (Å²) in [6.07, 6.45) is 0. The molecule has 0 fully saturated rings. The third-order valence-electron chi connectivity index (χ3n) is 9.72. The second-order valence-electron chi connectivity index (χ2n) is 14.7. The third-order valence-corrected chi connectivity index (χ3v) is 14.6. The van der Waals surface area contributed by atoms with Gasteiger partial charge >= 0.3 is 0 Å². The first-order valence-electron chi connectivity index (χ1n) is 16.2. The molecular formula is C44H42Si. The summed E-state index contributed by atoms with van der Waals surface area (Å²) >= 11 is 0. The van der Waals surface area contributed by atoms with Crippen LogP contribution in [0.5, 0.6) is 0 Å². The van der Waals surface area contributed by atoms with Gasteiger partial charge in [-0.25, -0.2) is 0 Å². The fraction of sp³-hybridized carbons (Fsp3) is 0.182. The Labute approximate surface area is 270 Å². The number of rotatable bonds is 4. The molecule has 6 aromatic rings. The summed E-state index contributed by atoms with van der Waals surface area (Å²) in [7, 11) is -2.54. The Bertz CT molecular complexity index is 1820. The molecule has 6 aromatic carbocycles. The quantitative estimate of drug-likeness (QED) is 0.177. The third kappa shape index (κ3) is 5.00. The molecule has 0 atom stereocenters. The van der Waals surface area contributed by atoms with Crippen molar-refractivity contribution in [1.82, 2.24) is 0 Å². The summed E-state index contributed by atoms with van der Waals surface area (Å²) < 4.78 is 0. The van der Waals surface area contributed by atoms with Gasteiger partial charge in [0.15, 0.2) is 8.07 Å². The molecular weight excluding hydrogens is 557 g/mol. The van der Waals surface area contributed by atoms with Crippen molar-refractivity contribution in [3.8, 4) is 33.4 Å². The van der Waals surface area contributed by atoms with Gasteiger partial charge in [-0.1, -0.05) is 175 Å². The molecule has 0 saturated heterocycles.